The SMILES string of the molecule is COc1cc(-c2cc(-c3ccc(Nc4ccnc5cc(Cl)ccc45)cc3)nc(N3CCOCC3)n2)cc(OC)c1OC. The largest absolute Gasteiger partial charge is 0.493 e. The fourth-order valence-corrected chi connectivity index (χ4v) is 5.14. The molecule has 2 aromatic heterocycles. The molecule has 3 aromatic carbocycles. The maximum absolute atomic E-state index is 6.16. The van der Waals surface area contributed by atoms with Crippen LogP contribution in [0.25, 0.3) is 33.4 Å². The van der Waals surface area contributed by atoms with Crippen molar-refractivity contribution >= 4 is 39.8 Å². The molecule has 6 rings (SSSR count). The van der Waals surface area contributed by atoms with E-state index in [1.807, 2.05) is 66.7 Å². The smallest absolute Gasteiger partial charge is 0.226 e. The summed E-state index contributed by atoms with van der Waals surface area (Å²) in [5.74, 6) is 2.28. The highest BCUT2D eigenvalue weighted by Gasteiger charge is 2.20. The number of methoxy groups -OCH3 is 3. The Labute approximate surface area is 249 Å². The molecule has 3 heterocycles. The molecule has 0 saturated carbocycles. The number of anilines is 3. The van der Waals surface area contributed by atoms with Crippen molar-refractivity contribution < 1.29 is 18.9 Å². The Bertz CT molecular complexity index is 1700. The maximum Gasteiger partial charge on any atom is 0.226 e. The summed E-state index contributed by atoms with van der Waals surface area (Å²) in [6.07, 6.45) is 1.77. The van der Waals surface area contributed by atoms with Crippen molar-refractivity contribution in [1.82, 2.24) is 15.0 Å². The molecule has 1 saturated heterocycles. The van der Waals surface area contributed by atoms with E-state index in [2.05, 4.69) is 15.2 Å². The number of pyridine rings is 1. The molecule has 42 heavy (non-hydrogen) atoms. The van der Waals surface area contributed by atoms with Crippen molar-refractivity contribution in [1.29, 1.82) is 0 Å². The Kier molecular flexibility index (Phi) is 7.94. The van der Waals surface area contributed by atoms with Gasteiger partial charge in [-0.05, 0) is 54.6 Å². The second kappa shape index (κ2) is 12.1. The van der Waals surface area contributed by atoms with E-state index < -0.39 is 0 Å². The average molecular weight is 584 g/mol. The molecule has 214 valence electrons. The predicted molar refractivity (Wildman–Crippen MR) is 166 cm³/mol. The summed E-state index contributed by atoms with van der Waals surface area (Å²) in [6.45, 7) is 2.69. The van der Waals surface area contributed by atoms with Gasteiger partial charge in [-0.1, -0.05) is 23.7 Å². The topological polar surface area (TPSA) is 90.9 Å². The second-order valence-corrected chi connectivity index (χ2v) is 10.1. The quantitative estimate of drug-likeness (QED) is 0.216. The minimum Gasteiger partial charge on any atom is -0.493 e. The lowest BCUT2D eigenvalue weighted by Crippen LogP contribution is -2.37. The third kappa shape index (κ3) is 5.61. The van der Waals surface area contributed by atoms with Crippen LogP contribution in [0.4, 0.5) is 17.3 Å². The summed E-state index contributed by atoms with van der Waals surface area (Å²) in [7, 11) is 4.79. The van der Waals surface area contributed by atoms with Gasteiger partial charge in [-0.25, -0.2) is 9.97 Å². The van der Waals surface area contributed by atoms with E-state index in [4.69, 9.17) is 40.5 Å². The molecule has 9 nitrogen and oxygen atoms in total. The Hall–Kier alpha value is -4.60. The number of benzene rings is 3. The molecule has 0 aliphatic carbocycles. The predicted octanol–water partition coefficient (Wildman–Crippen LogP) is 6.62. The fourth-order valence-electron chi connectivity index (χ4n) is 4.97. The van der Waals surface area contributed by atoms with Crippen molar-refractivity contribution in [3.8, 4) is 39.8 Å². The zero-order chi connectivity index (χ0) is 29.1. The van der Waals surface area contributed by atoms with Gasteiger partial charge in [0.15, 0.2) is 11.5 Å². The van der Waals surface area contributed by atoms with Crippen LogP contribution in [-0.4, -0.2) is 62.6 Å². The number of morpholine rings is 1. The van der Waals surface area contributed by atoms with Crippen LogP contribution in [0.15, 0.2) is 72.9 Å². The van der Waals surface area contributed by atoms with Gasteiger partial charge in [0.05, 0.1) is 51.4 Å². The molecule has 1 aliphatic rings. The maximum atomic E-state index is 6.16. The second-order valence-electron chi connectivity index (χ2n) is 9.67. The zero-order valence-electron chi connectivity index (χ0n) is 23.6. The van der Waals surface area contributed by atoms with Crippen molar-refractivity contribution in [2.75, 3.05) is 57.8 Å². The van der Waals surface area contributed by atoms with Crippen molar-refractivity contribution in [3.05, 3.63) is 77.9 Å². The Morgan fingerprint density at radius 2 is 1.48 bits per heavy atom. The molecule has 0 unspecified atom stereocenters. The van der Waals surface area contributed by atoms with Crippen LogP contribution in [0.2, 0.25) is 5.02 Å². The summed E-state index contributed by atoms with van der Waals surface area (Å²) >= 11 is 6.16. The van der Waals surface area contributed by atoms with Crippen LogP contribution in [0, 0.1) is 0 Å². The van der Waals surface area contributed by atoms with Crippen LogP contribution in [0.5, 0.6) is 17.2 Å². The van der Waals surface area contributed by atoms with Crippen molar-refractivity contribution in [2.24, 2.45) is 0 Å². The van der Waals surface area contributed by atoms with E-state index in [-0.39, 0.29) is 0 Å². The zero-order valence-corrected chi connectivity index (χ0v) is 24.3. The molecular formula is C32H30ClN5O4. The van der Waals surface area contributed by atoms with E-state index in [1.54, 1.807) is 27.5 Å². The first-order valence-corrected chi connectivity index (χ1v) is 13.9. The van der Waals surface area contributed by atoms with E-state index in [0.717, 1.165) is 44.8 Å². The Morgan fingerprint density at radius 1 is 0.786 bits per heavy atom. The average Bonchev–Trinajstić information content (AvgIpc) is 3.04. The Balaban J connectivity index is 1.37. The van der Waals surface area contributed by atoms with Gasteiger partial charge in [0.1, 0.15) is 0 Å². The number of nitrogens with one attached hydrogen (secondary N) is 1. The van der Waals surface area contributed by atoms with E-state index in [1.165, 1.54) is 0 Å². The van der Waals surface area contributed by atoms with Gasteiger partial charge in [0.2, 0.25) is 11.7 Å². The van der Waals surface area contributed by atoms with E-state index in [0.29, 0.717) is 54.5 Å². The first-order valence-electron chi connectivity index (χ1n) is 13.5. The molecule has 0 amide bonds. The standard InChI is InChI=1S/C32H30ClN5O4/c1-39-29-16-21(17-30(40-2)31(29)41-3)27-19-26(36-32(37-27)38-12-14-42-15-13-38)20-4-7-23(8-5-20)35-25-10-11-34-28-18-22(33)6-9-24(25)28/h4-11,16-19H,12-15H2,1-3H3,(H,34,35). The molecule has 1 fully saturated rings. The molecule has 0 atom stereocenters. The van der Waals surface area contributed by atoms with Crippen LogP contribution >= 0.6 is 11.6 Å². The summed E-state index contributed by atoms with van der Waals surface area (Å²) in [4.78, 5) is 16.5. The monoisotopic (exact) mass is 583 g/mol. The molecule has 1 aliphatic heterocycles. The van der Waals surface area contributed by atoms with Gasteiger partial charge in [-0.2, -0.15) is 0 Å². The fraction of sp³-hybridized carbons (Fsp3) is 0.219. The van der Waals surface area contributed by atoms with Gasteiger partial charge in [-0.3, -0.25) is 4.98 Å². The first kappa shape index (κ1) is 27.6. The number of aromatic nitrogens is 3. The number of nitrogens with zero attached hydrogens (tertiary/aromatic N) is 4. The number of hydrogen-bond donors (Lipinski definition) is 1. The third-order valence-electron chi connectivity index (χ3n) is 7.13. The highest BCUT2D eigenvalue weighted by atomic mass is 35.5. The normalized spacial score (nSPS) is 13.2. The lowest BCUT2D eigenvalue weighted by atomic mass is 10.1. The number of fused-ring (bicyclic) bond motifs is 1. The molecule has 1 N–H and O–H groups in total. The van der Waals surface area contributed by atoms with Crippen molar-refractivity contribution in [3.63, 3.8) is 0 Å². The van der Waals surface area contributed by atoms with Gasteiger partial charge in [0.25, 0.3) is 0 Å². The minimum absolute atomic E-state index is 0.527. The summed E-state index contributed by atoms with van der Waals surface area (Å²) < 4.78 is 22.3. The van der Waals surface area contributed by atoms with Crippen LogP contribution in [0.3, 0.4) is 0 Å². The number of ether oxygens (including phenoxy) is 4. The first-order chi connectivity index (χ1) is 20.6. The highest BCUT2D eigenvalue weighted by molar-refractivity contribution is 6.31. The number of hydrogen-bond acceptors (Lipinski definition) is 9. The number of rotatable bonds is 8. The lowest BCUT2D eigenvalue weighted by Gasteiger charge is -2.27. The Morgan fingerprint density at radius 3 is 2.14 bits per heavy atom. The highest BCUT2D eigenvalue weighted by Crippen LogP contribution is 2.41. The molecular weight excluding hydrogens is 554 g/mol. The lowest BCUT2D eigenvalue weighted by molar-refractivity contribution is 0.122. The molecule has 10 heteroatoms. The molecule has 0 spiro atoms. The molecule has 0 bridgehead atoms. The molecule has 5 aromatic rings. The van der Waals surface area contributed by atoms with Crippen LogP contribution in [-0.2, 0) is 4.74 Å². The van der Waals surface area contributed by atoms with Gasteiger partial charge >= 0.3 is 0 Å². The van der Waals surface area contributed by atoms with Gasteiger partial charge in [0, 0.05) is 52.2 Å². The van der Waals surface area contributed by atoms with Crippen LogP contribution < -0.4 is 24.4 Å². The van der Waals surface area contributed by atoms with Crippen molar-refractivity contribution in [2.45, 2.75) is 0 Å². The van der Waals surface area contributed by atoms with E-state index in [9.17, 15) is 0 Å². The number of halogens is 1. The van der Waals surface area contributed by atoms with Gasteiger partial charge in [-0.15, -0.1) is 0 Å². The van der Waals surface area contributed by atoms with Crippen LogP contribution in [0.1, 0.15) is 0 Å². The third-order valence-corrected chi connectivity index (χ3v) is 7.37. The summed E-state index contributed by atoms with van der Waals surface area (Å²) in [5.41, 5.74) is 6.04. The summed E-state index contributed by atoms with van der Waals surface area (Å²) in [6, 6.07) is 21.6. The molecule has 0 radical (unpaired) electrons. The van der Waals surface area contributed by atoms with Gasteiger partial charge < -0.3 is 29.2 Å². The van der Waals surface area contributed by atoms with E-state index >= 15 is 0 Å². The minimum atomic E-state index is 0.527. The summed E-state index contributed by atoms with van der Waals surface area (Å²) in [5, 5.41) is 5.15.